The van der Waals surface area contributed by atoms with Gasteiger partial charge >= 0.3 is 0 Å². The summed E-state index contributed by atoms with van der Waals surface area (Å²) in [5, 5.41) is 0.682. The van der Waals surface area contributed by atoms with Crippen LogP contribution in [0, 0.1) is 0 Å². The predicted octanol–water partition coefficient (Wildman–Crippen LogP) is 4.60. The van der Waals surface area contributed by atoms with Crippen LogP contribution in [0.25, 0.3) is 0 Å². The van der Waals surface area contributed by atoms with Crippen molar-refractivity contribution in [1.82, 2.24) is 0 Å². The molecule has 0 amide bonds. The highest BCUT2D eigenvalue weighted by Crippen LogP contribution is 2.30. The van der Waals surface area contributed by atoms with Crippen LogP contribution in [0.3, 0.4) is 0 Å². The van der Waals surface area contributed by atoms with Crippen LogP contribution in [0.2, 0.25) is 5.02 Å². The Morgan fingerprint density at radius 3 is 2.36 bits per heavy atom. The number of alkyl halides is 1. The van der Waals surface area contributed by atoms with Crippen LogP contribution in [0.5, 0.6) is 0 Å². The van der Waals surface area contributed by atoms with E-state index in [9.17, 15) is 0 Å². The minimum atomic E-state index is 0.423. The lowest BCUT2D eigenvalue weighted by atomic mass is 10.2. The fraction of sp³-hybridized carbons (Fsp3) is 0.143. The Balaban J connectivity index is 3.25. The molecule has 0 bridgehead atoms. The summed E-state index contributed by atoms with van der Waals surface area (Å²) < 4.78 is 1.88. The number of halogens is 4. The fourth-order valence-electron chi connectivity index (χ4n) is 0.700. The Kier molecular flexibility index (Phi) is 3.69. The molecule has 0 spiro atoms. The molecule has 1 aromatic rings. The van der Waals surface area contributed by atoms with Crippen molar-refractivity contribution in [2.75, 3.05) is 0 Å². The van der Waals surface area contributed by atoms with E-state index in [0.717, 1.165) is 14.5 Å². The quantitative estimate of drug-likeness (QED) is 0.664. The highest BCUT2D eigenvalue weighted by molar-refractivity contribution is 9.11. The van der Waals surface area contributed by atoms with Gasteiger partial charge in [0.05, 0.1) is 0 Å². The zero-order valence-electron chi connectivity index (χ0n) is 5.37. The maximum atomic E-state index is 5.89. The van der Waals surface area contributed by atoms with Crippen molar-refractivity contribution < 1.29 is 0 Å². The lowest BCUT2D eigenvalue weighted by molar-refractivity contribution is 1.36. The number of hydrogen-bond donors (Lipinski definition) is 0. The maximum absolute atomic E-state index is 5.89. The van der Waals surface area contributed by atoms with Crippen LogP contribution < -0.4 is 0 Å². The van der Waals surface area contributed by atoms with Gasteiger partial charge in [-0.05, 0) is 17.7 Å². The van der Waals surface area contributed by atoms with Gasteiger partial charge in [0, 0.05) is 19.8 Å². The van der Waals surface area contributed by atoms with Crippen LogP contribution in [-0.4, -0.2) is 0 Å². The van der Waals surface area contributed by atoms with Gasteiger partial charge < -0.3 is 0 Å². The van der Waals surface area contributed by atoms with E-state index in [1.165, 1.54) is 0 Å². The van der Waals surface area contributed by atoms with E-state index in [1.54, 1.807) is 0 Å². The molecule has 0 saturated carbocycles. The third-order valence-electron chi connectivity index (χ3n) is 1.24. The monoisotopic (exact) mass is 316 g/mol. The lowest BCUT2D eigenvalue weighted by Crippen LogP contribution is -1.82. The van der Waals surface area contributed by atoms with Gasteiger partial charge in [-0.25, -0.2) is 0 Å². The summed E-state index contributed by atoms with van der Waals surface area (Å²) >= 11 is 18.2. The average Bonchev–Trinajstić information content (AvgIpc) is 1.85. The molecule has 60 valence electrons. The lowest BCUT2D eigenvalue weighted by Gasteiger charge is -2.03. The van der Waals surface area contributed by atoms with Crippen molar-refractivity contribution in [3.8, 4) is 0 Å². The highest BCUT2D eigenvalue weighted by Gasteiger charge is 2.04. The molecule has 1 rings (SSSR count). The van der Waals surface area contributed by atoms with Gasteiger partial charge in [0.1, 0.15) is 0 Å². The van der Waals surface area contributed by atoms with E-state index in [0.29, 0.717) is 10.9 Å². The number of hydrogen-bond acceptors (Lipinski definition) is 0. The van der Waals surface area contributed by atoms with Crippen molar-refractivity contribution in [2.45, 2.75) is 5.88 Å². The first-order chi connectivity index (χ1) is 5.15. The van der Waals surface area contributed by atoms with Gasteiger partial charge in [-0.1, -0.05) is 43.5 Å². The molecule has 0 fully saturated rings. The smallest absolute Gasteiger partial charge is 0.0500 e. The highest BCUT2D eigenvalue weighted by atomic mass is 79.9. The topological polar surface area (TPSA) is 0 Å². The molecule has 11 heavy (non-hydrogen) atoms. The molecule has 0 nitrogen and oxygen atoms in total. The second-order valence-electron chi connectivity index (χ2n) is 1.98. The number of rotatable bonds is 1. The normalized spacial score (nSPS) is 10.2. The molecule has 0 aliphatic carbocycles. The van der Waals surface area contributed by atoms with Crippen molar-refractivity contribution in [2.24, 2.45) is 0 Å². The molecule has 0 saturated heterocycles. The van der Waals surface area contributed by atoms with Gasteiger partial charge in [-0.2, -0.15) is 0 Å². The Morgan fingerprint density at radius 1 is 1.27 bits per heavy atom. The zero-order valence-corrected chi connectivity index (χ0v) is 10.1. The van der Waals surface area contributed by atoms with E-state index in [2.05, 4.69) is 31.9 Å². The molecule has 0 atom stereocenters. The maximum Gasteiger partial charge on any atom is 0.0500 e. The van der Waals surface area contributed by atoms with E-state index in [4.69, 9.17) is 23.2 Å². The van der Waals surface area contributed by atoms with Crippen LogP contribution in [0.15, 0.2) is 21.1 Å². The first-order valence-electron chi connectivity index (χ1n) is 2.84. The molecule has 0 aliphatic rings. The molecule has 0 aromatic heterocycles. The van der Waals surface area contributed by atoms with E-state index in [1.807, 2.05) is 12.1 Å². The number of benzene rings is 1. The molecule has 1 aromatic carbocycles. The van der Waals surface area contributed by atoms with Gasteiger partial charge in [-0.15, -0.1) is 11.6 Å². The predicted molar refractivity (Wildman–Crippen MR) is 56.4 cm³/mol. The van der Waals surface area contributed by atoms with Gasteiger partial charge in [0.15, 0.2) is 0 Å². The Hall–Kier alpha value is 0.760. The third-order valence-corrected chi connectivity index (χ3v) is 3.01. The molecular formula is C7H4Br2Cl2. The third kappa shape index (κ3) is 2.35. The summed E-state index contributed by atoms with van der Waals surface area (Å²) in [5.41, 5.74) is 0.927. The van der Waals surface area contributed by atoms with Gasteiger partial charge in [0.2, 0.25) is 0 Å². The van der Waals surface area contributed by atoms with E-state index >= 15 is 0 Å². The van der Waals surface area contributed by atoms with Crippen molar-refractivity contribution >= 4 is 55.1 Å². The standard InChI is InChI=1S/C7H4Br2Cl2/c8-4-1-6(9)5(3-10)7(11)2-4/h1-2H,3H2. The Morgan fingerprint density at radius 2 is 1.91 bits per heavy atom. The molecule has 0 radical (unpaired) electrons. The fourth-order valence-corrected chi connectivity index (χ4v) is 3.12. The second-order valence-corrected chi connectivity index (χ2v) is 4.43. The molecule has 0 heterocycles. The summed E-state index contributed by atoms with van der Waals surface area (Å²) in [6.07, 6.45) is 0. The minimum absolute atomic E-state index is 0.423. The SMILES string of the molecule is ClCc1c(Cl)cc(Br)cc1Br. The Bertz CT molecular complexity index is 250. The molecular weight excluding hydrogens is 315 g/mol. The van der Waals surface area contributed by atoms with Crippen LogP contribution >= 0.6 is 55.1 Å². The largest absolute Gasteiger partial charge is 0.121 e. The Labute approximate surface area is 92.1 Å². The average molecular weight is 319 g/mol. The van der Waals surface area contributed by atoms with Gasteiger partial charge in [0.25, 0.3) is 0 Å². The molecule has 0 N–H and O–H groups in total. The summed E-state index contributed by atoms with van der Waals surface area (Å²) in [4.78, 5) is 0. The van der Waals surface area contributed by atoms with Gasteiger partial charge in [-0.3, -0.25) is 0 Å². The van der Waals surface area contributed by atoms with Crippen LogP contribution in [-0.2, 0) is 5.88 Å². The van der Waals surface area contributed by atoms with Crippen LogP contribution in [0.4, 0.5) is 0 Å². The van der Waals surface area contributed by atoms with Crippen LogP contribution in [0.1, 0.15) is 5.56 Å². The summed E-state index contributed by atoms with van der Waals surface area (Å²) in [6, 6.07) is 3.74. The zero-order chi connectivity index (χ0) is 8.43. The van der Waals surface area contributed by atoms with Crippen molar-refractivity contribution in [1.29, 1.82) is 0 Å². The summed E-state index contributed by atoms with van der Waals surface area (Å²) in [7, 11) is 0. The molecule has 4 heteroatoms. The molecule has 0 unspecified atom stereocenters. The molecule has 0 aliphatic heterocycles. The van der Waals surface area contributed by atoms with Crippen molar-refractivity contribution in [3.63, 3.8) is 0 Å². The summed E-state index contributed by atoms with van der Waals surface area (Å²) in [6.45, 7) is 0. The second kappa shape index (κ2) is 4.13. The van der Waals surface area contributed by atoms with E-state index in [-0.39, 0.29) is 0 Å². The first kappa shape index (κ1) is 9.85. The van der Waals surface area contributed by atoms with E-state index < -0.39 is 0 Å². The van der Waals surface area contributed by atoms with Crippen molar-refractivity contribution in [3.05, 3.63) is 31.7 Å². The minimum Gasteiger partial charge on any atom is -0.121 e. The first-order valence-corrected chi connectivity index (χ1v) is 5.34. The summed E-state index contributed by atoms with van der Waals surface area (Å²) in [5.74, 6) is 0.423.